The maximum atomic E-state index is 11.8. The monoisotopic (exact) mass is 311 g/mol. The van der Waals surface area contributed by atoms with Crippen molar-refractivity contribution in [1.82, 2.24) is 20.0 Å². The molecule has 0 unspecified atom stereocenters. The quantitative estimate of drug-likeness (QED) is 0.939. The van der Waals surface area contributed by atoms with Crippen LogP contribution in [0.25, 0.3) is 0 Å². The summed E-state index contributed by atoms with van der Waals surface area (Å²) in [5, 5.41) is 16.3. The Hall–Kier alpha value is -2.24. The van der Waals surface area contributed by atoms with E-state index in [0.29, 0.717) is 12.0 Å². The second-order valence-corrected chi connectivity index (χ2v) is 6.57. The van der Waals surface area contributed by atoms with Crippen LogP contribution in [-0.2, 0) is 0 Å². The fraction of sp³-hybridized carbons (Fsp3) is 0.529. The Labute approximate surface area is 134 Å². The fourth-order valence-electron chi connectivity index (χ4n) is 3.33. The zero-order valence-corrected chi connectivity index (χ0v) is 13.1. The predicted octanol–water partition coefficient (Wildman–Crippen LogP) is 2.51. The molecule has 23 heavy (non-hydrogen) atoms. The molecule has 0 aromatic carbocycles. The van der Waals surface area contributed by atoms with E-state index in [1.807, 2.05) is 6.07 Å². The molecule has 2 aliphatic rings. The first-order chi connectivity index (χ1) is 11.3. The highest BCUT2D eigenvalue weighted by atomic mass is 16.1. The third-order valence-corrected chi connectivity index (χ3v) is 4.82. The minimum Gasteiger partial charge on any atom is -0.366 e. The molecule has 6 nitrogen and oxygen atoms in total. The van der Waals surface area contributed by atoms with Crippen molar-refractivity contribution in [3.05, 3.63) is 46.5 Å². The van der Waals surface area contributed by atoms with Gasteiger partial charge in [-0.25, -0.2) is 4.68 Å². The standard InChI is InChI=1S/C17H21N5O/c23-17-2-1-11-18-22(17)14-7-5-13(6-8-14)19-16-10-9-15(20-21-16)12-3-4-12/h1-2,9-14H,3-8H2,(H,19,21). The first-order valence-electron chi connectivity index (χ1n) is 8.43. The van der Waals surface area contributed by atoms with Crippen LogP contribution in [0.2, 0.25) is 0 Å². The van der Waals surface area contributed by atoms with Crippen LogP contribution in [0.15, 0.2) is 35.3 Å². The molecule has 2 aliphatic carbocycles. The number of rotatable bonds is 4. The second-order valence-electron chi connectivity index (χ2n) is 6.57. The summed E-state index contributed by atoms with van der Waals surface area (Å²) in [6.45, 7) is 0. The third-order valence-electron chi connectivity index (χ3n) is 4.82. The van der Waals surface area contributed by atoms with Crippen molar-refractivity contribution in [1.29, 1.82) is 0 Å². The lowest BCUT2D eigenvalue weighted by Gasteiger charge is -2.29. The van der Waals surface area contributed by atoms with Gasteiger partial charge in [0, 0.05) is 24.2 Å². The smallest absolute Gasteiger partial charge is 0.266 e. The van der Waals surface area contributed by atoms with Gasteiger partial charge in [0.2, 0.25) is 0 Å². The highest BCUT2D eigenvalue weighted by Gasteiger charge is 2.26. The van der Waals surface area contributed by atoms with Gasteiger partial charge in [0.15, 0.2) is 0 Å². The molecule has 0 bridgehead atoms. The predicted molar refractivity (Wildman–Crippen MR) is 87.4 cm³/mol. The number of hydrogen-bond donors (Lipinski definition) is 1. The van der Waals surface area contributed by atoms with E-state index in [2.05, 4.69) is 26.7 Å². The fourth-order valence-corrected chi connectivity index (χ4v) is 3.33. The zero-order chi connectivity index (χ0) is 15.6. The Morgan fingerprint density at radius 1 is 1.00 bits per heavy atom. The van der Waals surface area contributed by atoms with Crippen molar-refractivity contribution in [2.75, 3.05) is 5.32 Å². The van der Waals surface area contributed by atoms with Crippen LogP contribution in [-0.4, -0.2) is 26.0 Å². The van der Waals surface area contributed by atoms with Crippen molar-refractivity contribution >= 4 is 5.82 Å². The van der Waals surface area contributed by atoms with E-state index in [-0.39, 0.29) is 11.6 Å². The van der Waals surface area contributed by atoms with Gasteiger partial charge in [-0.05, 0) is 56.7 Å². The summed E-state index contributed by atoms with van der Waals surface area (Å²) in [6.07, 6.45) is 8.13. The second kappa shape index (κ2) is 6.10. The topological polar surface area (TPSA) is 72.7 Å². The van der Waals surface area contributed by atoms with Crippen molar-refractivity contribution in [2.24, 2.45) is 0 Å². The van der Waals surface area contributed by atoms with Crippen LogP contribution >= 0.6 is 0 Å². The lowest BCUT2D eigenvalue weighted by Crippen LogP contribution is -2.33. The maximum Gasteiger partial charge on any atom is 0.266 e. The van der Waals surface area contributed by atoms with E-state index in [1.54, 1.807) is 23.0 Å². The highest BCUT2D eigenvalue weighted by molar-refractivity contribution is 5.35. The summed E-state index contributed by atoms with van der Waals surface area (Å²) >= 11 is 0. The van der Waals surface area contributed by atoms with Crippen molar-refractivity contribution in [2.45, 2.75) is 56.5 Å². The minimum absolute atomic E-state index is 0.00885. The van der Waals surface area contributed by atoms with Crippen LogP contribution in [0.5, 0.6) is 0 Å². The van der Waals surface area contributed by atoms with Crippen LogP contribution in [0.4, 0.5) is 5.82 Å². The van der Waals surface area contributed by atoms with E-state index in [9.17, 15) is 4.79 Å². The normalized spacial score (nSPS) is 24.3. The summed E-state index contributed by atoms with van der Waals surface area (Å²) in [5.74, 6) is 1.50. The maximum absolute atomic E-state index is 11.8. The highest BCUT2D eigenvalue weighted by Crippen LogP contribution is 2.38. The summed E-state index contributed by atoms with van der Waals surface area (Å²) < 4.78 is 1.63. The Morgan fingerprint density at radius 3 is 2.48 bits per heavy atom. The average molecular weight is 311 g/mol. The van der Waals surface area contributed by atoms with Crippen molar-refractivity contribution < 1.29 is 0 Å². The van der Waals surface area contributed by atoms with Gasteiger partial charge in [-0.2, -0.15) is 10.2 Å². The SMILES string of the molecule is O=c1cccnn1C1CCC(Nc2ccc(C3CC3)nn2)CC1. The number of nitrogens with zero attached hydrogens (tertiary/aromatic N) is 4. The first-order valence-corrected chi connectivity index (χ1v) is 8.43. The summed E-state index contributed by atoms with van der Waals surface area (Å²) in [6, 6.07) is 8.00. The lowest BCUT2D eigenvalue weighted by molar-refractivity contribution is 0.303. The van der Waals surface area contributed by atoms with Gasteiger partial charge >= 0.3 is 0 Å². The largest absolute Gasteiger partial charge is 0.366 e. The average Bonchev–Trinajstić information content (AvgIpc) is 3.42. The molecule has 0 atom stereocenters. The van der Waals surface area contributed by atoms with Gasteiger partial charge in [-0.15, -0.1) is 5.10 Å². The van der Waals surface area contributed by atoms with Gasteiger partial charge in [-0.1, -0.05) is 0 Å². The first kappa shape index (κ1) is 14.4. The molecule has 2 fully saturated rings. The van der Waals surface area contributed by atoms with Crippen LogP contribution in [0.3, 0.4) is 0 Å². The molecule has 2 aromatic rings. The Balaban J connectivity index is 1.34. The van der Waals surface area contributed by atoms with Gasteiger partial charge in [0.1, 0.15) is 5.82 Å². The molecule has 0 saturated heterocycles. The Bertz CT molecular complexity index is 714. The van der Waals surface area contributed by atoms with Gasteiger partial charge < -0.3 is 5.32 Å². The molecule has 120 valence electrons. The van der Waals surface area contributed by atoms with Gasteiger partial charge in [0.25, 0.3) is 5.56 Å². The molecule has 2 aromatic heterocycles. The molecule has 4 rings (SSSR count). The van der Waals surface area contributed by atoms with E-state index in [1.165, 1.54) is 12.8 Å². The summed E-state index contributed by atoms with van der Waals surface area (Å²) in [7, 11) is 0. The number of hydrogen-bond acceptors (Lipinski definition) is 5. The van der Waals surface area contributed by atoms with Crippen LogP contribution < -0.4 is 10.9 Å². The van der Waals surface area contributed by atoms with E-state index >= 15 is 0 Å². The summed E-state index contributed by atoms with van der Waals surface area (Å²) in [4.78, 5) is 11.8. The lowest BCUT2D eigenvalue weighted by atomic mass is 9.91. The summed E-state index contributed by atoms with van der Waals surface area (Å²) in [5.41, 5.74) is 1.11. The molecular weight excluding hydrogens is 290 g/mol. The Kier molecular flexibility index (Phi) is 3.81. The third kappa shape index (κ3) is 3.25. The zero-order valence-electron chi connectivity index (χ0n) is 13.1. The molecule has 0 radical (unpaired) electrons. The number of aromatic nitrogens is 4. The van der Waals surface area contributed by atoms with Crippen LogP contribution in [0, 0.1) is 0 Å². The number of anilines is 1. The van der Waals surface area contributed by atoms with E-state index in [4.69, 9.17) is 0 Å². The molecule has 0 spiro atoms. The van der Waals surface area contributed by atoms with E-state index in [0.717, 1.165) is 37.2 Å². The molecule has 2 heterocycles. The molecule has 6 heteroatoms. The molecular formula is C17H21N5O. The molecule has 0 amide bonds. The van der Waals surface area contributed by atoms with Gasteiger partial charge in [-0.3, -0.25) is 4.79 Å². The minimum atomic E-state index is -0.00885. The van der Waals surface area contributed by atoms with Gasteiger partial charge in [0.05, 0.1) is 11.7 Å². The molecule has 0 aliphatic heterocycles. The molecule has 1 N–H and O–H groups in total. The molecule has 2 saturated carbocycles. The van der Waals surface area contributed by atoms with Crippen LogP contribution in [0.1, 0.15) is 56.2 Å². The number of nitrogens with one attached hydrogen (secondary N) is 1. The van der Waals surface area contributed by atoms with Crippen molar-refractivity contribution in [3.63, 3.8) is 0 Å². The Morgan fingerprint density at radius 2 is 1.83 bits per heavy atom. The van der Waals surface area contributed by atoms with Crippen molar-refractivity contribution in [3.8, 4) is 0 Å². The van der Waals surface area contributed by atoms with E-state index < -0.39 is 0 Å².